The van der Waals surface area contributed by atoms with Gasteiger partial charge in [-0.15, -0.1) is 0 Å². The van der Waals surface area contributed by atoms with Crippen LogP contribution in [0.1, 0.15) is 30.9 Å². The lowest BCUT2D eigenvalue weighted by molar-refractivity contribution is -0.0571. The second kappa shape index (κ2) is 11.9. The van der Waals surface area contributed by atoms with Crippen molar-refractivity contribution in [3.63, 3.8) is 0 Å². The van der Waals surface area contributed by atoms with Gasteiger partial charge in [-0.3, -0.25) is 42.3 Å². The van der Waals surface area contributed by atoms with Crippen LogP contribution in [0.25, 0.3) is 0 Å². The van der Waals surface area contributed by atoms with Crippen molar-refractivity contribution in [2.75, 3.05) is 13.2 Å². The Balaban J connectivity index is 1.44. The molecule has 2 saturated heterocycles. The molecule has 4 rings (SSSR count). The van der Waals surface area contributed by atoms with Crippen LogP contribution in [0.2, 0.25) is 0 Å². The third-order valence-corrected chi connectivity index (χ3v) is 7.65. The Morgan fingerprint density at radius 2 is 1.49 bits per heavy atom. The van der Waals surface area contributed by atoms with Crippen LogP contribution < -0.4 is 22.5 Å². The van der Waals surface area contributed by atoms with Gasteiger partial charge >= 0.3 is 27.0 Å². The molecule has 2 aromatic rings. The summed E-state index contributed by atoms with van der Waals surface area (Å²) >= 11 is 0. The highest BCUT2D eigenvalue weighted by atomic mass is 31.2. The number of nitrogens with zero attached hydrogens (tertiary/aromatic N) is 2. The fraction of sp³-hybridized carbons (Fsp3) is 0.579. The lowest BCUT2D eigenvalue weighted by Crippen LogP contribution is -2.34. The van der Waals surface area contributed by atoms with Gasteiger partial charge in [-0.25, -0.2) is 18.7 Å². The molecule has 0 saturated carbocycles. The van der Waals surface area contributed by atoms with Crippen LogP contribution in [0.15, 0.2) is 31.6 Å². The molecular weight excluding hydrogens is 605 g/mol. The number of hydrogen-bond acceptors (Lipinski definition) is 12. The summed E-state index contributed by atoms with van der Waals surface area (Å²) in [5.41, 5.74) is -3.65. The van der Waals surface area contributed by atoms with E-state index in [2.05, 4.69) is 9.51 Å². The van der Waals surface area contributed by atoms with Gasteiger partial charge in [0.25, 0.3) is 11.1 Å². The molecule has 19 nitrogen and oxygen atoms in total. The van der Waals surface area contributed by atoms with E-state index >= 15 is 0 Å². The number of aliphatic hydroxyl groups is 1. The van der Waals surface area contributed by atoms with Crippen molar-refractivity contribution < 1.29 is 56.4 Å². The van der Waals surface area contributed by atoms with Crippen LogP contribution in [-0.2, 0) is 32.2 Å². The quantitative estimate of drug-likeness (QED) is 0.156. The molecule has 2 aliphatic heterocycles. The van der Waals surface area contributed by atoms with E-state index in [-0.39, 0.29) is 12.0 Å². The third-order valence-electron chi connectivity index (χ3n) is 6.15. The highest BCUT2D eigenvalue weighted by molar-refractivity contribution is 7.47. The zero-order valence-corrected chi connectivity index (χ0v) is 22.7. The van der Waals surface area contributed by atoms with Gasteiger partial charge in [-0.2, -0.15) is 4.39 Å². The zero-order valence-electron chi connectivity index (χ0n) is 20.9. The summed E-state index contributed by atoms with van der Waals surface area (Å²) < 4.78 is 64.7. The second-order valence-electron chi connectivity index (χ2n) is 9.11. The molecule has 0 amide bonds. The number of rotatable bonds is 10. The molecule has 0 spiro atoms. The van der Waals surface area contributed by atoms with Crippen molar-refractivity contribution in [1.82, 2.24) is 19.1 Å². The summed E-state index contributed by atoms with van der Waals surface area (Å²) in [7, 11) is -10.1. The normalized spacial score (nSPS) is 28.1. The maximum Gasteiger partial charge on any atom is 0.472 e. The smallest absolute Gasteiger partial charge is 0.390 e. The summed E-state index contributed by atoms with van der Waals surface area (Å²) in [6, 6.07) is 0. The average Bonchev–Trinajstić information content (AvgIpc) is 3.43. The van der Waals surface area contributed by atoms with Gasteiger partial charge in [-0.05, 0) is 6.92 Å². The molecule has 4 heterocycles. The van der Waals surface area contributed by atoms with Crippen LogP contribution in [0.3, 0.4) is 0 Å². The predicted molar refractivity (Wildman–Crippen MR) is 129 cm³/mol. The predicted octanol–water partition coefficient (Wildman–Crippen LogP) is -1.92. The van der Waals surface area contributed by atoms with Crippen molar-refractivity contribution in [3.8, 4) is 0 Å². The molecule has 1 unspecified atom stereocenters. The van der Waals surface area contributed by atoms with Gasteiger partial charge in [0, 0.05) is 24.6 Å². The van der Waals surface area contributed by atoms with Crippen LogP contribution in [0.5, 0.6) is 0 Å². The number of aryl methyl sites for hydroxylation is 1. The molecule has 41 heavy (non-hydrogen) atoms. The van der Waals surface area contributed by atoms with E-state index < -0.39 is 100 Å². The van der Waals surface area contributed by atoms with E-state index in [1.54, 1.807) is 4.98 Å². The van der Waals surface area contributed by atoms with E-state index in [1.165, 1.54) is 13.1 Å². The van der Waals surface area contributed by atoms with E-state index in [0.717, 1.165) is 4.57 Å². The van der Waals surface area contributed by atoms with E-state index in [4.69, 9.17) is 28.3 Å². The first-order valence-electron chi connectivity index (χ1n) is 11.7. The number of aliphatic hydroxyl groups excluding tert-OH is 1. The fourth-order valence-electron chi connectivity index (χ4n) is 4.18. The summed E-state index contributed by atoms with van der Waals surface area (Å²) in [4.78, 5) is 79.3. The molecule has 2 aliphatic rings. The molecular formula is C19H25FN4O15P2. The minimum atomic E-state index is -5.05. The number of H-pyrrole nitrogens is 2. The molecule has 0 aliphatic carbocycles. The molecule has 0 radical (unpaired) electrons. The van der Waals surface area contributed by atoms with Gasteiger partial charge in [0.1, 0.15) is 30.8 Å². The molecule has 0 bridgehead atoms. The van der Waals surface area contributed by atoms with Crippen molar-refractivity contribution in [1.29, 1.82) is 0 Å². The Morgan fingerprint density at radius 1 is 0.927 bits per heavy atom. The van der Waals surface area contributed by atoms with Gasteiger partial charge in [0.2, 0.25) is 5.82 Å². The standard InChI is InChI=1S/C19H25FN4O15P2/c1-8-4-23(18(28)21-16(8)26)14-2-10(25)12(37-14)6-36-41(33,34)39-11-3-15(38-13(11)7-35-40(30,31)32)24-5-9(20)17(27)22-19(24)29/h4-5,10-15,25H,2-3,6-7H2,1H3,(H,33,34)(H,21,26,28)(H,22,27,29)(H2,30,31,32)/t10-,11-,12+,13+,14+,15+/m0/s1. The Hall–Kier alpha value is -2.61. The molecule has 228 valence electrons. The van der Waals surface area contributed by atoms with Gasteiger partial charge in [0.15, 0.2) is 0 Å². The van der Waals surface area contributed by atoms with Crippen molar-refractivity contribution >= 4 is 15.6 Å². The van der Waals surface area contributed by atoms with Crippen molar-refractivity contribution in [3.05, 3.63) is 65.5 Å². The van der Waals surface area contributed by atoms with Gasteiger partial charge in [-0.1, -0.05) is 0 Å². The number of aromatic amines is 2. The van der Waals surface area contributed by atoms with Gasteiger partial charge < -0.3 is 29.3 Å². The fourth-order valence-corrected chi connectivity index (χ4v) is 5.48. The number of phosphoric acid groups is 2. The van der Waals surface area contributed by atoms with E-state index in [9.17, 15) is 42.7 Å². The Bertz CT molecular complexity index is 1610. The summed E-state index contributed by atoms with van der Waals surface area (Å²) in [5, 5.41) is 10.3. The lowest BCUT2D eigenvalue weighted by atomic mass is 10.2. The number of hydrogen-bond donors (Lipinski definition) is 6. The largest absolute Gasteiger partial charge is 0.472 e. The van der Waals surface area contributed by atoms with Crippen LogP contribution in [-0.4, -0.2) is 76.5 Å². The minimum absolute atomic E-state index is 0.138. The molecule has 7 atom stereocenters. The van der Waals surface area contributed by atoms with Crippen LogP contribution in [0, 0.1) is 12.7 Å². The first kappa shape index (κ1) is 31.3. The van der Waals surface area contributed by atoms with Crippen molar-refractivity contribution in [2.45, 2.75) is 56.6 Å². The third kappa shape index (κ3) is 7.62. The maximum atomic E-state index is 13.8. The highest BCUT2D eigenvalue weighted by Crippen LogP contribution is 2.49. The summed E-state index contributed by atoms with van der Waals surface area (Å²) in [5.74, 6) is -1.36. The molecule has 0 aromatic carbocycles. The average molecular weight is 630 g/mol. The maximum absolute atomic E-state index is 13.8. The number of aromatic nitrogens is 4. The number of phosphoric ester groups is 2. The zero-order chi connectivity index (χ0) is 30.3. The van der Waals surface area contributed by atoms with E-state index in [1.807, 2.05) is 0 Å². The lowest BCUT2D eigenvalue weighted by Gasteiger charge is -2.22. The Kier molecular flexibility index (Phi) is 9.13. The molecule has 6 N–H and O–H groups in total. The second-order valence-corrected chi connectivity index (χ2v) is 11.8. The monoisotopic (exact) mass is 630 g/mol. The summed E-state index contributed by atoms with van der Waals surface area (Å²) in [6.07, 6.45) is -6.86. The van der Waals surface area contributed by atoms with Gasteiger partial charge in [0.05, 0.1) is 25.5 Å². The highest BCUT2D eigenvalue weighted by Gasteiger charge is 2.44. The number of nitrogens with one attached hydrogen (secondary N) is 2. The first-order valence-corrected chi connectivity index (χ1v) is 14.7. The minimum Gasteiger partial charge on any atom is -0.390 e. The van der Waals surface area contributed by atoms with E-state index in [0.29, 0.717) is 10.8 Å². The first-order chi connectivity index (χ1) is 19.0. The topological polar surface area (TPSA) is 271 Å². The van der Waals surface area contributed by atoms with Crippen LogP contribution >= 0.6 is 15.6 Å². The Morgan fingerprint density at radius 3 is 2.15 bits per heavy atom. The number of ether oxygens (including phenoxy) is 2. The SMILES string of the molecule is Cc1cn([C@H]2C[C@H](O)[C@@H](COP(=O)(O)O[C@H]3C[C@H](n4cc(F)c(=O)[nH]c4=O)O[C@@H]3COP(=O)(O)O)O2)c(=O)[nH]c1=O. The summed E-state index contributed by atoms with van der Waals surface area (Å²) in [6.45, 7) is -0.182. The molecule has 2 aromatic heterocycles. The van der Waals surface area contributed by atoms with Crippen LogP contribution in [0.4, 0.5) is 4.39 Å². The van der Waals surface area contributed by atoms with Crippen molar-refractivity contribution in [2.24, 2.45) is 0 Å². The molecule has 2 fully saturated rings. The molecule has 22 heteroatoms. The Labute approximate surface area is 226 Å². The number of halogens is 1.